The Bertz CT molecular complexity index is 1020. The van der Waals surface area contributed by atoms with Crippen molar-refractivity contribution in [2.24, 2.45) is 0 Å². The highest BCUT2D eigenvalue weighted by Gasteiger charge is 2.47. The van der Waals surface area contributed by atoms with E-state index in [0.717, 1.165) is 11.6 Å². The molecular weight excluding hydrogens is 406 g/mol. The molecular formula is C23H24F2N2O4. The van der Waals surface area contributed by atoms with Gasteiger partial charge in [-0.15, -0.1) is 0 Å². The summed E-state index contributed by atoms with van der Waals surface area (Å²) in [5.41, 5.74) is -0.0855. The van der Waals surface area contributed by atoms with Crippen molar-refractivity contribution in [3.63, 3.8) is 0 Å². The maximum Gasteiger partial charge on any atom is 0.410 e. The lowest BCUT2D eigenvalue weighted by Crippen LogP contribution is -2.49. The van der Waals surface area contributed by atoms with Crippen LogP contribution in [-0.2, 0) is 11.3 Å². The highest BCUT2D eigenvalue weighted by molar-refractivity contribution is 5.95. The van der Waals surface area contributed by atoms with Crippen LogP contribution in [0.2, 0.25) is 0 Å². The molecule has 0 saturated carbocycles. The molecule has 2 amide bonds. The van der Waals surface area contributed by atoms with Gasteiger partial charge in [-0.05, 0) is 36.2 Å². The minimum Gasteiger partial charge on any atom is -0.497 e. The molecule has 0 radical (unpaired) electrons. The molecule has 164 valence electrons. The summed E-state index contributed by atoms with van der Waals surface area (Å²) in [4.78, 5) is 28.3. The van der Waals surface area contributed by atoms with Gasteiger partial charge in [0.25, 0.3) is 5.91 Å². The van der Waals surface area contributed by atoms with Crippen molar-refractivity contribution in [3.8, 4) is 5.75 Å². The molecule has 0 N–H and O–H groups in total. The van der Waals surface area contributed by atoms with Crippen molar-refractivity contribution in [2.75, 3.05) is 26.7 Å². The molecule has 4 rings (SSSR count). The molecule has 2 aromatic carbocycles. The minimum absolute atomic E-state index is 0.219. The summed E-state index contributed by atoms with van der Waals surface area (Å²) in [6.07, 6.45) is 0.417. The van der Waals surface area contributed by atoms with E-state index in [1.54, 1.807) is 12.0 Å². The summed E-state index contributed by atoms with van der Waals surface area (Å²) in [7, 11) is 1.59. The second-order valence-electron chi connectivity index (χ2n) is 8.10. The number of hydrogen-bond acceptors (Lipinski definition) is 4. The van der Waals surface area contributed by atoms with Crippen molar-refractivity contribution in [1.29, 1.82) is 0 Å². The van der Waals surface area contributed by atoms with E-state index in [1.807, 2.05) is 24.3 Å². The Balaban J connectivity index is 1.42. The number of rotatable bonds is 4. The SMILES string of the molecule is COc1cccc(CN2CC3(CCN(C(=O)c4c(F)ccc(C)c4F)CC3)OC2=O)c1. The summed E-state index contributed by atoms with van der Waals surface area (Å²) in [5, 5.41) is 0. The third kappa shape index (κ3) is 4.06. The zero-order valence-electron chi connectivity index (χ0n) is 17.5. The predicted octanol–water partition coefficient (Wildman–Crippen LogP) is 3.91. The first kappa shape index (κ1) is 21.1. The van der Waals surface area contributed by atoms with Gasteiger partial charge in [0.15, 0.2) is 0 Å². The standard InChI is InChI=1S/C23H24F2N2O4/c1-15-6-7-18(24)19(20(15)25)21(28)26-10-8-23(9-11-26)14-27(22(29)31-23)13-16-4-3-5-17(12-16)30-2/h3-7,12H,8-11,13-14H2,1-2H3. The molecule has 2 aromatic rings. The van der Waals surface area contributed by atoms with Gasteiger partial charge < -0.3 is 14.4 Å². The highest BCUT2D eigenvalue weighted by atomic mass is 19.1. The van der Waals surface area contributed by atoms with E-state index >= 15 is 0 Å². The van der Waals surface area contributed by atoms with Crippen LogP contribution in [0.15, 0.2) is 36.4 Å². The van der Waals surface area contributed by atoms with Gasteiger partial charge in [-0.25, -0.2) is 13.6 Å². The van der Waals surface area contributed by atoms with Gasteiger partial charge in [0.05, 0.1) is 13.7 Å². The average molecular weight is 430 g/mol. The second kappa shape index (κ2) is 8.17. The molecule has 2 saturated heterocycles. The monoisotopic (exact) mass is 430 g/mol. The largest absolute Gasteiger partial charge is 0.497 e. The van der Waals surface area contributed by atoms with Crippen LogP contribution < -0.4 is 4.74 Å². The van der Waals surface area contributed by atoms with Crippen LogP contribution in [0.4, 0.5) is 13.6 Å². The van der Waals surface area contributed by atoms with E-state index in [1.165, 1.54) is 17.9 Å². The molecule has 2 fully saturated rings. The van der Waals surface area contributed by atoms with E-state index in [4.69, 9.17) is 9.47 Å². The first-order chi connectivity index (χ1) is 14.8. The number of amides is 2. The molecule has 2 aliphatic heterocycles. The number of piperidine rings is 1. The summed E-state index contributed by atoms with van der Waals surface area (Å²) in [5.74, 6) is -1.67. The molecule has 0 atom stereocenters. The molecule has 6 nitrogen and oxygen atoms in total. The lowest BCUT2D eigenvalue weighted by Gasteiger charge is -2.37. The normalized spacial score (nSPS) is 17.7. The zero-order valence-corrected chi connectivity index (χ0v) is 17.5. The van der Waals surface area contributed by atoms with Gasteiger partial charge in [0.1, 0.15) is 28.5 Å². The lowest BCUT2D eigenvalue weighted by molar-refractivity contribution is 0.00289. The number of aryl methyl sites for hydroxylation is 1. The second-order valence-corrected chi connectivity index (χ2v) is 8.10. The number of nitrogens with zero attached hydrogens (tertiary/aromatic N) is 2. The molecule has 0 bridgehead atoms. The van der Waals surface area contributed by atoms with Crippen molar-refractivity contribution < 1.29 is 27.8 Å². The van der Waals surface area contributed by atoms with Gasteiger partial charge in [-0.1, -0.05) is 18.2 Å². The van der Waals surface area contributed by atoms with Crippen LogP contribution in [0.1, 0.15) is 34.3 Å². The molecule has 2 heterocycles. The van der Waals surface area contributed by atoms with E-state index in [2.05, 4.69) is 0 Å². The number of hydrogen-bond donors (Lipinski definition) is 0. The van der Waals surface area contributed by atoms with Crippen LogP contribution >= 0.6 is 0 Å². The van der Waals surface area contributed by atoms with Gasteiger partial charge in [0.2, 0.25) is 0 Å². The van der Waals surface area contributed by atoms with E-state index in [0.29, 0.717) is 31.7 Å². The van der Waals surface area contributed by atoms with Crippen LogP contribution in [0.25, 0.3) is 0 Å². The summed E-state index contributed by atoms with van der Waals surface area (Å²) in [6, 6.07) is 9.88. The maximum absolute atomic E-state index is 14.4. The molecule has 0 aliphatic carbocycles. The molecule has 1 spiro atoms. The van der Waals surface area contributed by atoms with E-state index in [-0.39, 0.29) is 18.7 Å². The predicted molar refractivity (Wildman–Crippen MR) is 109 cm³/mol. The van der Waals surface area contributed by atoms with Crippen LogP contribution in [0.3, 0.4) is 0 Å². The molecule has 2 aliphatic rings. The lowest BCUT2D eigenvalue weighted by atomic mass is 9.90. The third-order valence-electron chi connectivity index (χ3n) is 6.01. The minimum atomic E-state index is -0.870. The quantitative estimate of drug-likeness (QED) is 0.738. The molecule has 8 heteroatoms. The Kier molecular flexibility index (Phi) is 5.56. The van der Waals surface area contributed by atoms with Gasteiger partial charge >= 0.3 is 6.09 Å². The number of likely N-dealkylation sites (tertiary alicyclic amines) is 1. The fraction of sp³-hybridized carbons (Fsp3) is 0.391. The number of benzene rings is 2. The van der Waals surface area contributed by atoms with E-state index < -0.39 is 34.8 Å². The summed E-state index contributed by atoms with van der Waals surface area (Å²) in [6.45, 7) is 2.79. The highest BCUT2D eigenvalue weighted by Crippen LogP contribution is 2.35. The number of carbonyl (C=O) groups is 2. The van der Waals surface area contributed by atoms with Crippen LogP contribution in [0, 0.1) is 18.6 Å². The van der Waals surface area contributed by atoms with Gasteiger partial charge in [-0.2, -0.15) is 0 Å². The average Bonchev–Trinajstić information content (AvgIpc) is 3.06. The maximum atomic E-state index is 14.4. The first-order valence-electron chi connectivity index (χ1n) is 10.2. The van der Waals surface area contributed by atoms with E-state index in [9.17, 15) is 18.4 Å². The molecule has 0 aromatic heterocycles. The Labute approximate surface area is 179 Å². The van der Waals surface area contributed by atoms with Gasteiger partial charge in [0, 0.05) is 32.5 Å². The topological polar surface area (TPSA) is 59.1 Å². The Morgan fingerprint density at radius 3 is 2.65 bits per heavy atom. The molecule has 31 heavy (non-hydrogen) atoms. The van der Waals surface area contributed by atoms with Crippen molar-refractivity contribution in [2.45, 2.75) is 31.9 Å². The van der Waals surface area contributed by atoms with Gasteiger partial charge in [-0.3, -0.25) is 9.69 Å². The van der Waals surface area contributed by atoms with Crippen molar-refractivity contribution in [1.82, 2.24) is 9.80 Å². The fourth-order valence-corrected chi connectivity index (χ4v) is 4.19. The Morgan fingerprint density at radius 1 is 1.19 bits per heavy atom. The van der Waals surface area contributed by atoms with Crippen LogP contribution in [-0.4, -0.2) is 54.1 Å². The van der Waals surface area contributed by atoms with Crippen molar-refractivity contribution in [3.05, 3.63) is 64.7 Å². The number of halogens is 2. The number of methoxy groups -OCH3 is 1. The fourth-order valence-electron chi connectivity index (χ4n) is 4.19. The summed E-state index contributed by atoms with van der Waals surface area (Å²) < 4.78 is 39.4. The smallest absolute Gasteiger partial charge is 0.410 e. The van der Waals surface area contributed by atoms with Crippen LogP contribution in [0.5, 0.6) is 5.75 Å². The van der Waals surface area contributed by atoms with Crippen molar-refractivity contribution >= 4 is 12.0 Å². The number of carbonyl (C=O) groups excluding carboxylic acids is 2. The summed E-state index contributed by atoms with van der Waals surface area (Å²) >= 11 is 0. The molecule has 0 unspecified atom stereocenters. The Hall–Kier alpha value is -3.16. The number of ether oxygens (including phenoxy) is 2. The third-order valence-corrected chi connectivity index (χ3v) is 6.01. The zero-order chi connectivity index (χ0) is 22.2. The first-order valence-corrected chi connectivity index (χ1v) is 10.2. The Morgan fingerprint density at radius 2 is 1.94 bits per heavy atom.